The molecule has 0 unspecified atom stereocenters. The highest BCUT2D eigenvalue weighted by Crippen LogP contribution is 2.31. The molecule has 2 aromatic rings. The van der Waals surface area contributed by atoms with Gasteiger partial charge in [-0.05, 0) is 48.5 Å². The number of nitrogens with zero attached hydrogens (tertiary/aromatic N) is 2. The molecule has 0 saturated carbocycles. The molecule has 1 aliphatic rings. The molecule has 6 heteroatoms. The van der Waals surface area contributed by atoms with Gasteiger partial charge in [-0.2, -0.15) is 5.01 Å². The van der Waals surface area contributed by atoms with Crippen LogP contribution in [0, 0.1) is 0 Å². The van der Waals surface area contributed by atoms with Gasteiger partial charge in [0.2, 0.25) is 18.0 Å². The minimum atomic E-state index is -0.589. The van der Waals surface area contributed by atoms with E-state index in [-0.39, 0.29) is 5.91 Å². The lowest BCUT2D eigenvalue weighted by Gasteiger charge is -2.20. The van der Waals surface area contributed by atoms with E-state index in [4.69, 9.17) is 21.1 Å². The van der Waals surface area contributed by atoms with E-state index in [9.17, 15) is 4.79 Å². The summed E-state index contributed by atoms with van der Waals surface area (Å²) in [6, 6.07) is 14.5. The molecular formula is C18H17ClN2O3. The third kappa shape index (κ3) is 3.21. The van der Waals surface area contributed by atoms with E-state index in [0.29, 0.717) is 17.3 Å². The van der Waals surface area contributed by atoms with Crippen molar-refractivity contribution in [2.24, 2.45) is 5.10 Å². The van der Waals surface area contributed by atoms with E-state index in [0.717, 1.165) is 16.9 Å². The number of halogens is 1. The fraction of sp³-hybridized carbons (Fsp3) is 0.222. The van der Waals surface area contributed by atoms with E-state index in [1.165, 1.54) is 5.01 Å². The summed E-state index contributed by atoms with van der Waals surface area (Å²) in [4.78, 5) is 12.2. The molecule has 0 saturated heterocycles. The highest BCUT2D eigenvalue weighted by Gasteiger charge is 2.33. The zero-order valence-corrected chi connectivity index (χ0v) is 14.2. The topological polar surface area (TPSA) is 51.1 Å². The molecule has 124 valence electrons. The predicted octanol–water partition coefficient (Wildman–Crippen LogP) is 3.98. The number of carbonyl (C=O) groups excluding carboxylic acids is 1. The smallest absolute Gasteiger partial charge is 0.246 e. The van der Waals surface area contributed by atoms with Crippen molar-refractivity contribution < 1.29 is 14.3 Å². The maximum atomic E-state index is 12.2. The summed E-state index contributed by atoms with van der Waals surface area (Å²) in [6.45, 7) is 1.79. The first-order chi connectivity index (χ1) is 11.6. The van der Waals surface area contributed by atoms with Gasteiger partial charge in [0.25, 0.3) is 0 Å². The van der Waals surface area contributed by atoms with Crippen molar-refractivity contribution in [3.8, 4) is 5.75 Å². The van der Waals surface area contributed by atoms with Gasteiger partial charge in [-0.3, -0.25) is 4.79 Å². The van der Waals surface area contributed by atoms with Crippen molar-refractivity contribution in [3.63, 3.8) is 0 Å². The molecule has 2 aromatic carbocycles. The Morgan fingerprint density at radius 1 is 1.21 bits per heavy atom. The second-order valence-electron chi connectivity index (χ2n) is 5.25. The van der Waals surface area contributed by atoms with E-state index >= 15 is 0 Å². The Morgan fingerprint density at radius 3 is 2.46 bits per heavy atom. The van der Waals surface area contributed by atoms with Gasteiger partial charge in [-0.25, -0.2) is 0 Å². The lowest BCUT2D eigenvalue weighted by atomic mass is 10.2. The molecule has 1 amide bonds. The Kier molecular flexibility index (Phi) is 4.71. The Morgan fingerprint density at radius 2 is 1.88 bits per heavy atom. The molecule has 0 aromatic heterocycles. The van der Waals surface area contributed by atoms with Crippen molar-refractivity contribution in [3.05, 3.63) is 64.7 Å². The van der Waals surface area contributed by atoms with Crippen LogP contribution in [0.3, 0.4) is 0 Å². The molecule has 0 spiro atoms. The van der Waals surface area contributed by atoms with E-state index < -0.39 is 6.23 Å². The van der Waals surface area contributed by atoms with Gasteiger partial charge in [-0.15, -0.1) is 5.10 Å². The van der Waals surface area contributed by atoms with Crippen LogP contribution in [0.25, 0.3) is 0 Å². The van der Waals surface area contributed by atoms with Crippen molar-refractivity contribution in [2.45, 2.75) is 19.6 Å². The quantitative estimate of drug-likeness (QED) is 0.843. The number of carbonyl (C=O) groups is 1. The molecule has 1 aliphatic heterocycles. The average Bonchev–Trinajstić information content (AvgIpc) is 3.07. The molecule has 0 N–H and O–H groups in total. The number of hydrogen-bond donors (Lipinski definition) is 0. The van der Waals surface area contributed by atoms with Crippen LogP contribution in [0.1, 0.15) is 30.7 Å². The molecular weight excluding hydrogens is 328 g/mol. The summed E-state index contributed by atoms with van der Waals surface area (Å²) >= 11 is 5.92. The molecule has 0 fully saturated rings. The number of benzene rings is 2. The van der Waals surface area contributed by atoms with Gasteiger partial charge in [0.05, 0.1) is 7.11 Å². The summed E-state index contributed by atoms with van der Waals surface area (Å²) in [5.41, 5.74) is 1.59. The van der Waals surface area contributed by atoms with Gasteiger partial charge in [0.15, 0.2) is 0 Å². The first-order valence-electron chi connectivity index (χ1n) is 7.59. The number of rotatable bonds is 4. The van der Waals surface area contributed by atoms with E-state index in [2.05, 4.69) is 5.10 Å². The number of methoxy groups -OCH3 is 1. The van der Waals surface area contributed by atoms with Crippen molar-refractivity contribution in [2.75, 3.05) is 7.11 Å². The Labute approximate surface area is 145 Å². The maximum absolute atomic E-state index is 12.2. The van der Waals surface area contributed by atoms with Crippen LogP contribution in [0.4, 0.5) is 0 Å². The van der Waals surface area contributed by atoms with Crippen LogP contribution in [0.2, 0.25) is 5.02 Å². The molecule has 0 aliphatic carbocycles. The van der Waals surface area contributed by atoms with Crippen LogP contribution >= 0.6 is 11.6 Å². The van der Waals surface area contributed by atoms with Crippen LogP contribution in [-0.4, -0.2) is 23.9 Å². The normalized spacial score (nSPS) is 16.5. The summed E-state index contributed by atoms with van der Waals surface area (Å²) in [6.07, 6.45) is -0.248. The van der Waals surface area contributed by atoms with Gasteiger partial charge < -0.3 is 9.47 Å². The standard InChI is InChI=1S/C18H17ClN2O3/c1-3-16(22)21-18(13-6-10-15(23-2)11-7-13)24-17(20-21)12-4-8-14(19)9-5-12/h4-11,18H,3H2,1-2H3/t18-/m1/s1. The third-order valence-electron chi connectivity index (χ3n) is 3.69. The van der Waals surface area contributed by atoms with Crippen LogP contribution < -0.4 is 4.74 Å². The van der Waals surface area contributed by atoms with Crippen LogP contribution in [-0.2, 0) is 9.53 Å². The number of hydrogen-bond acceptors (Lipinski definition) is 4. The number of amides is 1. The highest BCUT2D eigenvalue weighted by atomic mass is 35.5. The minimum absolute atomic E-state index is 0.111. The fourth-order valence-electron chi connectivity index (χ4n) is 2.37. The molecule has 5 nitrogen and oxygen atoms in total. The van der Waals surface area contributed by atoms with E-state index in [1.807, 2.05) is 36.4 Å². The second kappa shape index (κ2) is 6.93. The first kappa shape index (κ1) is 16.3. The van der Waals surface area contributed by atoms with Crippen LogP contribution in [0.15, 0.2) is 53.6 Å². The minimum Gasteiger partial charge on any atom is -0.497 e. The average molecular weight is 345 g/mol. The SMILES string of the molecule is CCC(=O)N1N=C(c2ccc(Cl)cc2)O[C@@H]1c1ccc(OC)cc1. The summed E-state index contributed by atoms with van der Waals surface area (Å²) < 4.78 is 11.1. The predicted molar refractivity (Wildman–Crippen MR) is 91.9 cm³/mol. The van der Waals surface area contributed by atoms with Crippen LogP contribution in [0.5, 0.6) is 5.75 Å². The van der Waals surface area contributed by atoms with E-state index in [1.54, 1.807) is 26.2 Å². The Balaban J connectivity index is 1.91. The zero-order chi connectivity index (χ0) is 17.1. The summed E-state index contributed by atoms with van der Waals surface area (Å²) in [5.74, 6) is 1.03. The highest BCUT2D eigenvalue weighted by molar-refractivity contribution is 6.30. The van der Waals surface area contributed by atoms with Crippen molar-refractivity contribution in [1.82, 2.24) is 5.01 Å². The van der Waals surface area contributed by atoms with Crippen molar-refractivity contribution in [1.29, 1.82) is 0 Å². The monoisotopic (exact) mass is 344 g/mol. The number of ether oxygens (including phenoxy) is 2. The molecule has 1 heterocycles. The Hall–Kier alpha value is -2.53. The molecule has 1 atom stereocenters. The maximum Gasteiger partial charge on any atom is 0.246 e. The van der Waals surface area contributed by atoms with Gasteiger partial charge in [0, 0.05) is 22.6 Å². The molecule has 24 heavy (non-hydrogen) atoms. The molecule has 0 bridgehead atoms. The van der Waals surface area contributed by atoms with Gasteiger partial charge in [0.1, 0.15) is 5.75 Å². The molecule has 3 rings (SSSR count). The number of hydrazone groups is 1. The third-order valence-corrected chi connectivity index (χ3v) is 3.95. The largest absolute Gasteiger partial charge is 0.497 e. The summed E-state index contributed by atoms with van der Waals surface area (Å²) in [5, 5.41) is 6.37. The fourth-order valence-corrected chi connectivity index (χ4v) is 2.50. The van der Waals surface area contributed by atoms with Gasteiger partial charge >= 0.3 is 0 Å². The lowest BCUT2D eigenvalue weighted by Crippen LogP contribution is -2.26. The lowest BCUT2D eigenvalue weighted by molar-refractivity contribution is -0.137. The Bertz CT molecular complexity index is 757. The first-order valence-corrected chi connectivity index (χ1v) is 7.97. The van der Waals surface area contributed by atoms with Gasteiger partial charge in [-0.1, -0.05) is 18.5 Å². The molecule has 0 radical (unpaired) electrons. The zero-order valence-electron chi connectivity index (χ0n) is 13.4. The van der Waals surface area contributed by atoms with Crippen molar-refractivity contribution >= 4 is 23.4 Å². The summed E-state index contributed by atoms with van der Waals surface area (Å²) in [7, 11) is 1.61. The second-order valence-corrected chi connectivity index (χ2v) is 5.68.